The minimum atomic E-state index is -0.753. The van der Waals surface area contributed by atoms with E-state index in [4.69, 9.17) is 14.2 Å². The fraction of sp³-hybridized carbons (Fsp3) is 0.893. The van der Waals surface area contributed by atoms with Crippen molar-refractivity contribution >= 4 is 18.4 Å². The van der Waals surface area contributed by atoms with Crippen LogP contribution in [0.4, 0.5) is 0 Å². The number of unbranched alkanes of at least 4 members (excludes halogenated alkanes) is 16. The number of hydrogen-bond acceptors (Lipinski definition) is 6. The van der Waals surface area contributed by atoms with Gasteiger partial charge in [0, 0.05) is 12.8 Å². The van der Waals surface area contributed by atoms with Gasteiger partial charge in [0.1, 0.15) is 13.2 Å². The van der Waals surface area contributed by atoms with Crippen LogP contribution >= 0.6 is 0 Å². The van der Waals surface area contributed by atoms with Crippen LogP contribution in [-0.2, 0) is 28.6 Å². The topological polar surface area (TPSA) is 78.9 Å². The van der Waals surface area contributed by atoms with Gasteiger partial charge in [-0.2, -0.15) is 0 Å². The molecular formula is C28H52O6. The molecule has 0 atom stereocenters. The van der Waals surface area contributed by atoms with E-state index in [1.807, 2.05) is 0 Å². The third kappa shape index (κ3) is 23.6. The zero-order chi connectivity index (χ0) is 25.1. The molecule has 0 radical (unpaired) electrons. The summed E-state index contributed by atoms with van der Waals surface area (Å²) in [5.74, 6) is -0.605. The summed E-state index contributed by atoms with van der Waals surface area (Å²) in [6.45, 7) is 4.57. The molecule has 0 aliphatic heterocycles. The first-order valence-electron chi connectivity index (χ1n) is 14.0. The number of carbonyl (C=O) groups excluding carboxylic acids is 3. The highest BCUT2D eigenvalue weighted by molar-refractivity contribution is 5.69. The lowest BCUT2D eigenvalue weighted by molar-refractivity contribution is -0.159. The van der Waals surface area contributed by atoms with E-state index in [-0.39, 0.29) is 25.2 Å². The summed E-state index contributed by atoms with van der Waals surface area (Å²) < 4.78 is 15.3. The molecule has 6 heteroatoms. The van der Waals surface area contributed by atoms with E-state index in [0.29, 0.717) is 19.3 Å². The Morgan fingerprint density at radius 1 is 0.559 bits per heavy atom. The maximum absolute atomic E-state index is 11.9. The van der Waals surface area contributed by atoms with Crippen molar-refractivity contribution in [2.75, 3.05) is 13.2 Å². The van der Waals surface area contributed by atoms with Crippen LogP contribution in [0.1, 0.15) is 142 Å². The van der Waals surface area contributed by atoms with E-state index in [2.05, 4.69) is 13.8 Å². The SMILES string of the molecule is CCCCCCCCCCCC(=O)OCC(COC(=O)CCCCCCCCCCC)OC=O. The van der Waals surface area contributed by atoms with Gasteiger partial charge in [-0.1, -0.05) is 117 Å². The molecule has 0 N–H and O–H groups in total. The van der Waals surface area contributed by atoms with E-state index in [1.54, 1.807) is 0 Å². The minimum absolute atomic E-state index is 0.0830. The third-order valence-electron chi connectivity index (χ3n) is 6.08. The average Bonchev–Trinajstić information content (AvgIpc) is 2.83. The van der Waals surface area contributed by atoms with Gasteiger partial charge in [0.25, 0.3) is 6.47 Å². The molecule has 0 aromatic heterocycles. The van der Waals surface area contributed by atoms with Gasteiger partial charge in [0.2, 0.25) is 0 Å². The Morgan fingerprint density at radius 3 is 1.21 bits per heavy atom. The van der Waals surface area contributed by atoms with Crippen molar-refractivity contribution in [3.63, 3.8) is 0 Å². The van der Waals surface area contributed by atoms with Gasteiger partial charge >= 0.3 is 11.9 Å². The fourth-order valence-corrected chi connectivity index (χ4v) is 3.88. The van der Waals surface area contributed by atoms with Crippen LogP contribution in [0.25, 0.3) is 0 Å². The summed E-state index contributed by atoms with van der Waals surface area (Å²) >= 11 is 0. The minimum Gasteiger partial charge on any atom is -0.462 e. The molecule has 0 aliphatic carbocycles. The van der Waals surface area contributed by atoms with Gasteiger partial charge in [-0.3, -0.25) is 14.4 Å². The van der Waals surface area contributed by atoms with E-state index in [1.165, 1.54) is 77.0 Å². The molecule has 34 heavy (non-hydrogen) atoms. The average molecular weight is 485 g/mol. The van der Waals surface area contributed by atoms with Crippen molar-refractivity contribution in [3.05, 3.63) is 0 Å². The number of ether oxygens (including phenoxy) is 3. The van der Waals surface area contributed by atoms with E-state index in [9.17, 15) is 14.4 Å². The maximum atomic E-state index is 11.9. The van der Waals surface area contributed by atoms with Crippen molar-refractivity contribution in [2.24, 2.45) is 0 Å². The summed E-state index contributed by atoms with van der Waals surface area (Å²) in [6, 6.07) is 0. The molecule has 0 aliphatic rings. The second-order valence-electron chi connectivity index (χ2n) is 9.38. The van der Waals surface area contributed by atoms with Gasteiger partial charge in [-0.25, -0.2) is 0 Å². The molecule has 0 amide bonds. The van der Waals surface area contributed by atoms with Crippen LogP contribution in [0.15, 0.2) is 0 Å². The third-order valence-corrected chi connectivity index (χ3v) is 6.08. The number of rotatable bonds is 26. The summed E-state index contributed by atoms with van der Waals surface area (Å²) in [7, 11) is 0. The quantitative estimate of drug-likeness (QED) is 0.0549. The summed E-state index contributed by atoms with van der Waals surface area (Å²) in [6.07, 6.45) is 21.3. The van der Waals surface area contributed by atoms with Crippen LogP contribution in [0.2, 0.25) is 0 Å². The molecular weight excluding hydrogens is 432 g/mol. The van der Waals surface area contributed by atoms with Crippen LogP contribution in [-0.4, -0.2) is 37.7 Å². The Bertz CT molecular complexity index is 442. The molecule has 6 nitrogen and oxygen atoms in total. The van der Waals surface area contributed by atoms with Gasteiger partial charge in [-0.15, -0.1) is 0 Å². The number of hydrogen-bond donors (Lipinski definition) is 0. The Balaban J connectivity index is 3.72. The van der Waals surface area contributed by atoms with E-state index in [0.717, 1.165) is 38.5 Å². The highest BCUT2D eigenvalue weighted by Crippen LogP contribution is 2.12. The first kappa shape index (κ1) is 32.4. The highest BCUT2D eigenvalue weighted by atomic mass is 16.6. The van der Waals surface area contributed by atoms with E-state index >= 15 is 0 Å². The molecule has 0 heterocycles. The van der Waals surface area contributed by atoms with Crippen molar-refractivity contribution in [1.82, 2.24) is 0 Å². The van der Waals surface area contributed by atoms with Crippen molar-refractivity contribution in [3.8, 4) is 0 Å². The second-order valence-corrected chi connectivity index (χ2v) is 9.38. The van der Waals surface area contributed by atoms with E-state index < -0.39 is 6.10 Å². The zero-order valence-corrected chi connectivity index (χ0v) is 22.2. The van der Waals surface area contributed by atoms with Gasteiger partial charge in [-0.05, 0) is 12.8 Å². The normalized spacial score (nSPS) is 10.9. The first-order chi connectivity index (χ1) is 16.6. The predicted molar refractivity (Wildman–Crippen MR) is 137 cm³/mol. The lowest BCUT2D eigenvalue weighted by atomic mass is 10.1. The van der Waals surface area contributed by atoms with Crippen molar-refractivity contribution < 1.29 is 28.6 Å². The summed E-state index contributed by atoms with van der Waals surface area (Å²) in [5, 5.41) is 0. The molecule has 0 unspecified atom stereocenters. The van der Waals surface area contributed by atoms with Crippen LogP contribution in [0, 0.1) is 0 Å². The Morgan fingerprint density at radius 2 is 0.882 bits per heavy atom. The molecule has 0 saturated carbocycles. The molecule has 0 rings (SSSR count). The molecule has 0 aromatic carbocycles. The zero-order valence-electron chi connectivity index (χ0n) is 22.2. The van der Waals surface area contributed by atoms with Crippen LogP contribution < -0.4 is 0 Å². The van der Waals surface area contributed by atoms with Crippen LogP contribution in [0.3, 0.4) is 0 Å². The van der Waals surface area contributed by atoms with Gasteiger partial charge in [0.05, 0.1) is 0 Å². The van der Waals surface area contributed by atoms with Gasteiger partial charge in [0.15, 0.2) is 6.10 Å². The molecule has 0 saturated heterocycles. The second kappa shape index (κ2) is 26.0. The molecule has 0 aromatic rings. The van der Waals surface area contributed by atoms with Crippen LogP contribution in [0.5, 0.6) is 0 Å². The lowest BCUT2D eigenvalue weighted by Gasteiger charge is -2.15. The largest absolute Gasteiger partial charge is 0.462 e. The number of carbonyl (C=O) groups is 3. The first-order valence-corrected chi connectivity index (χ1v) is 14.0. The summed E-state index contributed by atoms with van der Waals surface area (Å²) in [4.78, 5) is 34.6. The van der Waals surface area contributed by atoms with Crippen molar-refractivity contribution in [1.29, 1.82) is 0 Å². The molecule has 200 valence electrons. The standard InChI is InChI=1S/C28H52O6/c1-3-5-7-9-11-13-15-17-19-21-27(30)32-23-26(34-25-29)24-33-28(31)22-20-18-16-14-12-10-8-6-4-2/h25-26H,3-24H2,1-2H3. The molecule has 0 fully saturated rings. The van der Waals surface area contributed by atoms with Gasteiger partial charge < -0.3 is 14.2 Å². The predicted octanol–water partition coefficient (Wildman–Crippen LogP) is 7.46. The maximum Gasteiger partial charge on any atom is 0.305 e. The van der Waals surface area contributed by atoms with Crippen molar-refractivity contribution in [2.45, 2.75) is 148 Å². The lowest BCUT2D eigenvalue weighted by Crippen LogP contribution is -2.28. The fourth-order valence-electron chi connectivity index (χ4n) is 3.88. The molecule has 0 bridgehead atoms. The molecule has 0 spiro atoms. The Kier molecular flexibility index (Phi) is 24.8. The summed E-state index contributed by atoms with van der Waals surface area (Å²) in [5.41, 5.74) is 0. The number of esters is 2. The monoisotopic (exact) mass is 484 g/mol. The Labute approximate surface area is 208 Å². The smallest absolute Gasteiger partial charge is 0.305 e. The highest BCUT2D eigenvalue weighted by Gasteiger charge is 2.16. The Hall–Kier alpha value is -1.59.